The second-order valence-corrected chi connectivity index (χ2v) is 9.96. The Kier molecular flexibility index (Phi) is 5.01. The number of hydrogen-bond donors (Lipinski definition) is 3. The molecule has 33 heavy (non-hydrogen) atoms. The molecule has 0 spiro atoms. The van der Waals surface area contributed by atoms with Crippen molar-refractivity contribution in [1.29, 1.82) is 0 Å². The van der Waals surface area contributed by atoms with Crippen LogP contribution in [0.5, 0.6) is 11.6 Å². The Balaban J connectivity index is 1.36. The van der Waals surface area contributed by atoms with Crippen molar-refractivity contribution in [2.24, 2.45) is 0 Å². The van der Waals surface area contributed by atoms with E-state index in [2.05, 4.69) is 46.3 Å². The highest BCUT2D eigenvalue weighted by molar-refractivity contribution is 5.74. The summed E-state index contributed by atoms with van der Waals surface area (Å²) in [5, 5.41) is 32.8. The number of benzene rings is 1. The van der Waals surface area contributed by atoms with Crippen LogP contribution in [0.1, 0.15) is 39.5 Å². The second-order valence-electron chi connectivity index (χ2n) is 9.96. The maximum absolute atomic E-state index is 13.5. The van der Waals surface area contributed by atoms with E-state index in [0.29, 0.717) is 28.4 Å². The number of anilines is 1. The Morgan fingerprint density at radius 2 is 1.70 bits per heavy atom. The van der Waals surface area contributed by atoms with Gasteiger partial charge in [-0.15, -0.1) is 10.2 Å². The molecule has 0 amide bonds. The van der Waals surface area contributed by atoms with Gasteiger partial charge in [-0.1, -0.05) is 6.07 Å². The maximum Gasteiger partial charge on any atom is 0.216 e. The zero-order valence-corrected chi connectivity index (χ0v) is 19.0. The molecule has 5 rings (SSSR count). The van der Waals surface area contributed by atoms with Crippen LogP contribution in [0.25, 0.3) is 22.4 Å². The van der Waals surface area contributed by atoms with E-state index < -0.39 is 11.8 Å². The molecular weight excluding hydrogens is 421 g/mol. The Labute approximate surface area is 192 Å². The third-order valence-electron chi connectivity index (χ3n) is 7.15. The predicted molar refractivity (Wildman–Crippen MR) is 125 cm³/mol. The van der Waals surface area contributed by atoms with Crippen LogP contribution < -0.4 is 10.2 Å². The molecule has 2 saturated heterocycles. The molecule has 0 radical (unpaired) electrons. The summed E-state index contributed by atoms with van der Waals surface area (Å²) in [5.74, 6) is -0.403. The van der Waals surface area contributed by atoms with E-state index >= 15 is 0 Å². The summed E-state index contributed by atoms with van der Waals surface area (Å²) in [6.07, 6.45) is 4.52. The number of aromatic hydroxyl groups is 2. The molecular formula is C25H28FN5O2. The third-order valence-corrected chi connectivity index (χ3v) is 7.15. The summed E-state index contributed by atoms with van der Waals surface area (Å²) in [4.78, 5) is 5.54. The molecule has 0 saturated carbocycles. The normalized spacial score (nSPS) is 26.4. The molecule has 1 aromatic carbocycles. The first-order valence-corrected chi connectivity index (χ1v) is 11.2. The molecule has 1 unspecified atom stereocenters. The first kappa shape index (κ1) is 21.6. The van der Waals surface area contributed by atoms with Crippen molar-refractivity contribution >= 4 is 5.82 Å². The van der Waals surface area contributed by atoms with E-state index in [1.165, 1.54) is 31.0 Å². The number of phenols is 1. The van der Waals surface area contributed by atoms with Crippen LogP contribution in [0.4, 0.5) is 10.2 Å². The number of halogens is 1. The number of fused-ring (bicyclic) bond motifs is 2. The lowest BCUT2D eigenvalue weighted by molar-refractivity contribution is 0.207. The van der Waals surface area contributed by atoms with Crippen LogP contribution in [-0.4, -0.2) is 49.6 Å². The predicted octanol–water partition coefficient (Wildman–Crippen LogP) is 4.26. The van der Waals surface area contributed by atoms with Gasteiger partial charge < -0.3 is 20.4 Å². The summed E-state index contributed by atoms with van der Waals surface area (Å²) < 4.78 is 13.5. The molecule has 172 valence electrons. The minimum Gasteiger partial charge on any atom is -0.507 e. The van der Waals surface area contributed by atoms with Crippen LogP contribution in [0, 0.1) is 5.95 Å². The van der Waals surface area contributed by atoms with Gasteiger partial charge >= 0.3 is 0 Å². The molecule has 8 heteroatoms. The Bertz CT molecular complexity index is 1170. The van der Waals surface area contributed by atoms with Crippen LogP contribution in [0.15, 0.2) is 42.5 Å². The Morgan fingerprint density at radius 1 is 0.970 bits per heavy atom. The van der Waals surface area contributed by atoms with Gasteiger partial charge in [0.2, 0.25) is 11.8 Å². The average molecular weight is 450 g/mol. The van der Waals surface area contributed by atoms with Crippen molar-refractivity contribution in [2.75, 3.05) is 11.9 Å². The molecule has 3 aromatic rings. The van der Waals surface area contributed by atoms with Crippen molar-refractivity contribution in [2.45, 2.75) is 56.7 Å². The summed E-state index contributed by atoms with van der Waals surface area (Å²) in [7, 11) is 2.07. The van der Waals surface area contributed by atoms with Crippen LogP contribution in [0.3, 0.4) is 0 Å². The van der Waals surface area contributed by atoms with Gasteiger partial charge in [0, 0.05) is 41.9 Å². The Morgan fingerprint density at radius 3 is 2.30 bits per heavy atom. The standard InChI is InChI=1S/C25H28FN5O2/c1-24-8-9-25(2,30-24)14-17(13-24)31(3)22-7-6-19(28-29-22)18-5-4-15(10-20(18)32)16-11-21(26)27-23(33)12-16/h4-7,10-12,17,30,32H,8-9,13-14H2,1-3H3,(H,27,33)/t17?,24-,25+. The van der Waals surface area contributed by atoms with Crippen LogP contribution in [-0.2, 0) is 0 Å². The molecule has 3 N–H and O–H groups in total. The number of nitrogens with one attached hydrogen (secondary N) is 1. The quantitative estimate of drug-likeness (QED) is 0.513. The lowest BCUT2D eigenvalue weighted by atomic mass is 9.84. The minimum atomic E-state index is -0.788. The fourth-order valence-corrected chi connectivity index (χ4v) is 5.52. The fourth-order valence-electron chi connectivity index (χ4n) is 5.52. The van der Waals surface area contributed by atoms with Crippen molar-refractivity contribution in [3.8, 4) is 34.0 Å². The van der Waals surface area contributed by atoms with E-state index in [1.54, 1.807) is 12.1 Å². The number of piperidine rings is 1. The first-order valence-electron chi connectivity index (χ1n) is 11.2. The number of aromatic nitrogens is 3. The minimum absolute atomic E-state index is 0.00426. The number of phenolic OH excluding ortho intramolecular Hbond substituents is 1. The molecule has 7 nitrogen and oxygen atoms in total. The third kappa shape index (κ3) is 4.11. The molecule has 2 fully saturated rings. The largest absolute Gasteiger partial charge is 0.507 e. The van der Waals surface area contributed by atoms with E-state index in [1.807, 2.05) is 12.1 Å². The van der Waals surface area contributed by atoms with Crippen molar-refractivity contribution < 1.29 is 14.6 Å². The Hall–Kier alpha value is -3.26. The fraction of sp³-hybridized carbons (Fsp3) is 0.400. The van der Waals surface area contributed by atoms with Crippen molar-refractivity contribution in [3.05, 3.63) is 48.4 Å². The topological polar surface area (TPSA) is 94.4 Å². The second kappa shape index (κ2) is 7.66. The van der Waals surface area contributed by atoms with Gasteiger partial charge in [0.15, 0.2) is 5.82 Å². The van der Waals surface area contributed by atoms with E-state index in [4.69, 9.17) is 0 Å². The average Bonchev–Trinajstić information content (AvgIpc) is 2.99. The van der Waals surface area contributed by atoms with Crippen molar-refractivity contribution in [1.82, 2.24) is 20.5 Å². The molecule has 3 atom stereocenters. The molecule has 2 aliphatic rings. The van der Waals surface area contributed by atoms with Gasteiger partial charge in [-0.25, -0.2) is 0 Å². The first-order chi connectivity index (χ1) is 15.6. The summed E-state index contributed by atoms with van der Waals surface area (Å²) in [6, 6.07) is 11.7. The van der Waals surface area contributed by atoms with E-state index in [-0.39, 0.29) is 16.8 Å². The van der Waals surface area contributed by atoms with E-state index in [9.17, 15) is 14.6 Å². The van der Waals surface area contributed by atoms with Crippen molar-refractivity contribution in [3.63, 3.8) is 0 Å². The highest BCUT2D eigenvalue weighted by Crippen LogP contribution is 2.44. The number of hydrogen-bond acceptors (Lipinski definition) is 7. The molecule has 2 aliphatic heterocycles. The number of pyridine rings is 1. The molecule has 0 aliphatic carbocycles. The maximum atomic E-state index is 13.5. The highest BCUT2D eigenvalue weighted by Gasteiger charge is 2.49. The van der Waals surface area contributed by atoms with Gasteiger partial charge in [0.05, 0.1) is 5.69 Å². The molecule has 4 heterocycles. The summed E-state index contributed by atoms with van der Waals surface area (Å²) in [6.45, 7) is 4.61. The van der Waals surface area contributed by atoms with Gasteiger partial charge in [-0.3, -0.25) is 0 Å². The SMILES string of the molecule is CN(c1ccc(-c2ccc(-c3cc(O)nc(F)c3)cc2O)nn1)C1C[C@]2(C)CC[C@](C)(C1)N2. The van der Waals surface area contributed by atoms with Crippen LogP contribution >= 0.6 is 0 Å². The van der Waals surface area contributed by atoms with Gasteiger partial charge in [0.25, 0.3) is 0 Å². The lowest BCUT2D eigenvalue weighted by Crippen LogP contribution is -2.58. The van der Waals surface area contributed by atoms with Gasteiger partial charge in [-0.05, 0) is 74.9 Å². The number of rotatable bonds is 4. The van der Waals surface area contributed by atoms with Gasteiger partial charge in [0.1, 0.15) is 5.75 Å². The summed E-state index contributed by atoms with van der Waals surface area (Å²) >= 11 is 0. The molecule has 2 aromatic heterocycles. The summed E-state index contributed by atoms with van der Waals surface area (Å²) in [5.41, 5.74) is 2.38. The monoisotopic (exact) mass is 449 g/mol. The zero-order valence-electron chi connectivity index (χ0n) is 19.0. The lowest BCUT2D eigenvalue weighted by Gasteiger charge is -2.45. The van der Waals surface area contributed by atoms with Gasteiger partial charge in [-0.2, -0.15) is 9.37 Å². The highest BCUT2D eigenvalue weighted by atomic mass is 19.1. The molecule has 2 bridgehead atoms. The van der Waals surface area contributed by atoms with Crippen LogP contribution in [0.2, 0.25) is 0 Å². The zero-order chi connectivity index (χ0) is 23.4. The number of nitrogens with zero attached hydrogens (tertiary/aromatic N) is 4. The smallest absolute Gasteiger partial charge is 0.216 e. The van der Waals surface area contributed by atoms with E-state index in [0.717, 1.165) is 18.7 Å².